The van der Waals surface area contributed by atoms with Crippen molar-refractivity contribution in [2.75, 3.05) is 5.32 Å². The van der Waals surface area contributed by atoms with Crippen molar-refractivity contribution in [3.63, 3.8) is 0 Å². The molecule has 128 valence electrons. The van der Waals surface area contributed by atoms with Crippen LogP contribution in [0.25, 0.3) is 0 Å². The molecule has 2 aliphatic carbocycles. The van der Waals surface area contributed by atoms with E-state index in [2.05, 4.69) is 15.8 Å². The number of carbonyl (C=O) groups excluding carboxylic acids is 2. The van der Waals surface area contributed by atoms with Crippen LogP contribution in [-0.4, -0.2) is 17.5 Å². The van der Waals surface area contributed by atoms with Gasteiger partial charge < -0.3 is 5.32 Å². The fraction of sp³-hybridized carbons (Fsp3) is 0.526. The Hall–Kier alpha value is -2.17. The minimum atomic E-state index is 0.0206. The minimum absolute atomic E-state index is 0.0206. The summed E-state index contributed by atoms with van der Waals surface area (Å²) < 4.78 is 0. The lowest BCUT2D eigenvalue weighted by Gasteiger charge is -2.19. The Labute approximate surface area is 142 Å². The highest BCUT2D eigenvalue weighted by molar-refractivity contribution is 6.01. The monoisotopic (exact) mass is 327 g/mol. The smallest absolute Gasteiger partial charge is 0.243 e. The van der Waals surface area contributed by atoms with Gasteiger partial charge in [0.2, 0.25) is 11.8 Å². The predicted octanol–water partition coefficient (Wildman–Crippen LogP) is 3.46. The SMILES string of the molecule is C/C(=N/NC(=O)C1CCCCC1)c1cccc(NC(=O)C2CC2)c1. The second-order valence-electron chi connectivity index (χ2n) is 6.85. The van der Waals surface area contributed by atoms with Crippen LogP contribution in [0.2, 0.25) is 0 Å². The van der Waals surface area contributed by atoms with E-state index in [1.807, 2.05) is 31.2 Å². The molecule has 0 bridgehead atoms. The van der Waals surface area contributed by atoms with Crippen molar-refractivity contribution in [3.05, 3.63) is 29.8 Å². The maximum absolute atomic E-state index is 12.2. The molecule has 0 radical (unpaired) electrons. The number of nitrogens with one attached hydrogen (secondary N) is 2. The molecule has 0 saturated heterocycles. The molecule has 1 aromatic carbocycles. The number of hydrogen-bond acceptors (Lipinski definition) is 3. The zero-order valence-corrected chi connectivity index (χ0v) is 14.2. The van der Waals surface area contributed by atoms with Crippen molar-refractivity contribution in [1.29, 1.82) is 0 Å². The zero-order chi connectivity index (χ0) is 16.9. The Kier molecular flexibility index (Phi) is 5.28. The molecule has 0 spiro atoms. The number of hydrogen-bond donors (Lipinski definition) is 2. The van der Waals surface area contributed by atoms with Gasteiger partial charge >= 0.3 is 0 Å². The van der Waals surface area contributed by atoms with Crippen molar-refractivity contribution < 1.29 is 9.59 Å². The van der Waals surface area contributed by atoms with Gasteiger partial charge in [0, 0.05) is 17.5 Å². The molecule has 3 rings (SSSR count). The Morgan fingerprint density at radius 3 is 2.42 bits per heavy atom. The minimum Gasteiger partial charge on any atom is -0.326 e. The molecule has 2 N–H and O–H groups in total. The summed E-state index contributed by atoms with van der Waals surface area (Å²) in [4.78, 5) is 24.0. The van der Waals surface area contributed by atoms with Crippen molar-refractivity contribution in [2.45, 2.75) is 51.9 Å². The Morgan fingerprint density at radius 1 is 1.00 bits per heavy atom. The van der Waals surface area contributed by atoms with Gasteiger partial charge in [0.25, 0.3) is 0 Å². The van der Waals surface area contributed by atoms with E-state index in [0.29, 0.717) is 0 Å². The van der Waals surface area contributed by atoms with Crippen LogP contribution in [0.1, 0.15) is 57.4 Å². The molecule has 2 aliphatic rings. The van der Waals surface area contributed by atoms with Crippen LogP contribution in [-0.2, 0) is 9.59 Å². The third-order valence-electron chi connectivity index (χ3n) is 4.81. The lowest BCUT2D eigenvalue weighted by molar-refractivity contribution is -0.125. The van der Waals surface area contributed by atoms with Gasteiger partial charge in [-0.2, -0.15) is 5.10 Å². The van der Waals surface area contributed by atoms with Crippen molar-refractivity contribution in [3.8, 4) is 0 Å². The predicted molar refractivity (Wildman–Crippen MR) is 94.7 cm³/mol. The highest BCUT2D eigenvalue weighted by atomic mass is 16.2. The lowest BCUT2D eigenvalue weighted by Crippen LogP contribution is -2.29. The van der Waals surface area contributed by atoms with E-state index >= 15 is 0 Å². The fourth-order valence-electron chi connectivity index (χ4n) is 3.07. The summed E-state index contributed by atoms with van der Waals surface area (Å²) in [6, 6.07) is 7.59. The normalized spacial score (nSPS) is 19.0. The molecule has 5 nitrogen and oxygen atoms in total. The molecule has 2 fully saturated rings. The first kappa shape index (κ1) is 16.7. The summed E-state index contributed by atoms with van der Waals surface area (Å²) in [5.41, 5.74) is 5.11. The van der Waals surface area contributed by atoms with Gasteiger partial charge in [0.15, 0.2) is 0 Å². The molecule has 0 aliphatic heterocycles. The first-order valence-corrected chi connectivity index (χ1v) is 8.89. The van der Waals surface area contributed by atoms with Gasteiger partial charge in [0.1, 0.15) is 0 Å². The average Bonchev–Trinajstić information content (AvgIpc) is 3.45. The Morgan fingerprint density at radius 2 is 1.71 bits per heavy atom. The van der Waals surface area contributed by atoms with Crippen molar-refractivity contribution in [1.82, 2.24) is 5.43 Å². The molecule has 0 atom stereocenters. The topological polar surface area (TPSA) is 70.6 Å². The number of anilines is 1. The second kappa shape index (κ2) is 7.60. The van der Waals surface area contributed by atoms with Gasteiger partial charge in [-0.05, 0) is 50.3 Å². The molecule has 0 aromatic heterocycles. The third kappa shape index (κ3) is 4.43. The van der Waals surface area contributed by atoms with E-state index in [4.69, 9.17) is 0 Å². The summed E-state index contributed by atoms with van der Waals surface area (Å²) in [5, 5.41) is 7.18. The Bertz CT molecular complexity index is 644. The van der Waals surface area contributed by atoms with E-state index in [1.54, 1.807) is 0 Å². The second-order valence-corrected chi connectivity index (χ2v) is 6.85. The van der Waals surface area contributed by atoms with E-state index in [0.717, 1.165) is 55.5 Å². The average molecular weight is 327 g/mol. The van der Waals surface area contributed by atoms with Gasteiger partial charge in [-0.25, -0.2) is 5.43 Å². The van der Waals surface area contributed by atoms with Crippen LogP contribution in [0, 0.1) is 11.8 Å². The van der Waals surface area contributed by atoms with Crippen molar-refractivity contribution in [2.24, 2.45) is 16.9 Å². The summed E-state index contributed by atoms with van der Waals surface area (Å²) in [6.07, 6.45) is 7.38. The summed E-state index contributed by atoms with van der Waals surface area (Å²) in [6.45, 7) is 1.86. The quantitative estimate of drug-likeness (QED) is 0.642. The van der Waals surface area contributed by atoms with E-state index < -0.39 is 0 Å². The summed E-state index contributed by atoms with van der Waals surface area (Å²) in [7, 11) is 0. The van der Waals surface area contributed by atoms with Gasteiger partial charge in [0.05, 0.1) is 5.71 Å². The number of carbonyl (C=O) groups is 2. The summed E-state index contributed by atoms with van der Waals surface area (Å²) in [5.74, 6) is 0.386. The van der Waals surface area contributed by atoms with Crippen LogP contribution in [0.5, 0.6) is 0 Å². The standard InChI is InChI=1S/C19H25N3O2/c1-13(21-22-19(24)14-6-3-2-4-7-14)16-8-5-9-17(12-16)20-18(23)15-10-11-15/h5,8-9,12,14-15H,2-4,6-7,10-11H2,1H3,(H,20,23)(H,22,24)/b21-13-. The number of rotatable bonds is 5. The van der Waals surface area contributed by atoms with Gasteiger partial charge in [-0.1, -0.05) is 31.4 Å². The number of nitrogens with zero attached hydrogens (tertiary/aromatic N) is 1. The molecule has 2 saturated carbocycles. The third-order valence-corrected chi connectivity index (χ3v) is 4.81. The van der Waals surface area contributed by atoms with Crippen LogP contribution in [0.4, 0.5) is 5.69 Å². The number of hydrazone groups is 1. The molecule has 0 heterocycles. The maximum atomic E-state index is 12.2. The van der Waals surface area contributed by atoms with Gasteiger partial charge in [-0.15, -0.1) is 0 Å². The molecular weight excluding hydrogens is 302 g/mol. The highest BCUT2D eigenvalue weighted by Crippen LogP contribution is 2.30. The van der Waals surface area contributed by atoms with E-state index in [1.165, 1.54) is 6.42 Å². The molecule has 24 heavy (non-hydrogen) atoms. The number of amides is 2. The number of benzene rings is 1. The Balaban J connectivity index is 1.59. The van der Waals surface area contributed by atoms with Crippen molar-refractivity contribution >= 4 is 23.2 Å². The summed E-state index contributed by atoms with van der Waals surface area (Å²) >= 11 is 0. The van der Waals surface area contributed by atoms with Crippen LogP contribution in [0.15, 0.2) is 29.4 Å². The molecule has 2 amide bonds. The van der Waals surface area contributed by atoms with Gasteiger partial charge in [-0.3, -0.25) is 9.59 Å². The van der Waals surface area contributed by atoms with Crippen LogP contribution in [0.3, 0.4) is 0 Å². The van der Waals surface area contributed by atoms with E-state index in [-0.39, 0.29) is 23.7 Å². The van der Waals surface area contributed by atoms with Crippen LogP contribution >= 0.6 is 0 Å². The van der Waals surface area contributed by atoms with Crippen LogP contribution < -0.4 is 10.7 Å². The first-order valence-electron chi connectivity index (χ1n) is 8.89. The lowest BCUT2D eigenvalue weighted by atomic mass is 9.89. The molecular formula is C19H25N3O2. The molecule has 1 aromatic rings. The van der Waals surface area contributed by atoms with E-state index in [9.17, 15) is 9.59 Å². The molecule has 5 heteroatoms. The zero-order valence-electron chi connectivity index (χ0n) is 14.2. The fourth-order valence-corrected chi connectivity index (χ4v) is 3.07. The first-order chi connectivity index (χ1) is 11.6. The maximum Gasteiger partial charge on any atom is 0.243 e. The molecule has 0 unspecified atom stereocenters. The highest BCUT2D eigenvalue weighted by Gasteiger charge is 2.29. The largest absolute Gasteiger partial charge is 0.326 e.